The van der Waals surface area contributed by atoms with Crippen LogP contribution < -0.4 is 15.0 Å². The molecule has 0 spiro atoms. The minimum atomic E-state index is -3.56. The maximum absolute atomic E-state index is 13.1. The summed E-state index contributed by atoms with van der Waals surface area (Å²) >= 11 is 0. The van der Waals surface area contributed by atoms with Gasteiger partial charge in [0.05, 0.1) is 12.0 Å². The van der Waals surface area contributed by atoms with Crippen LogP contribution in [0.3, 0.4) is 0 Å². The number of hydrogen-bond donors (Lipinski definition) is 1. The van der Waals surface area contributed by atoms with E-state index >= 15 is 0 Å². The van der Waals surface area contributed by atoms with Gasteiger partial charge in [-0.15, -0.1) is 0 Å². The Morgan fingerprint density at radius 2 is 1.79 bits per heavy atom. The molecule has 2 aromatic rings. The van der Waals surface area contributed by atoms with Crippen LogP contribution in [0, 0.1) is 0 Å². The first-order valence-corrected chi connectivity index (χ1v) is 10.7. The summed E-state index contributed by atoms with van der Waals surface area (Å²) in [7, 11) is -1.93. The Hall–Kier alpha value is -2.58. The Kier molecular flexibility index (Phi) is 4.99. The number of hydrogen-bond acceptors (Lipinski definition) is 5. The van der Waals surface area contributed by atoms with Gasteiger partial charge in [0, 0.05) is 50.0 Å². The second-order valence-corrected chi connectivity index (χ2v) is 8.90. The third-order valence-corrected chi connectivity index (χ3v) is 7.16. The topological polar surface area (TPSA) is 79.0 Å². The van der Waals surface area contributed by atoms with E-state index in [4.69, 9.17) is 4.74 Å². The highest BCUT2D eigenvalue weighted by atomic mass is 32.2. The summed E-state index contributed by atoms with van der Waals surface area (Å²) in [4.78, 5) is 13.9. The Bertz CT molecular complexity index is 998. The molecule has 0 radical (unpaired) electrons. The summed E-state index contributed by atoms with van der Waals surface area (Å²) in [6.45, 7) is 2.08. The Morgan fingerprint density at radius 3 is 2.54 bits per heavy atom. The van der Waals surface area contributed by atoms with Crippen molar-refractivity contribution in [2.45, 2.75) is 17.7 Å². The van der Waals surface area contributed by atoms with Gasteiger partial charge < -0.3 is 15.0 Å². The van der Waals surface area contributed by atoms with E-state index in [2.05, 4.69) is 10.2 Å². The maximum atomic E-state index is 13.1. The van der Waals surface area contributed by atoms with Crippen LogP contribution in [0.5, 0.6) is 5.75 Å². The van der Waals surface area contributed by atoms with Crippen LogP contribution in [0.15, 0.2) is 47.4 Å². The van der Waals surface area contributed by atoms with Crippen LogP contribution in [0.2, 0.25) is 0 Å². The van der Waals surface area contributed by atoms with Crippen molar-refractivity contribution in [2.75, 3.05) is 43.5 Å². The zero-order valence-corrected chi connectivity index (χ0v) is 16.5. The first-order valence-electron chi connectivity index (χ1n) is 9.29. The highest BCUT2D eigenvalue weighted by Crippen LogP contribution is 2.28. The number of sulfonamides is 1. The zero-order valence-electron chi connectivity index (χ0n) is 15.7. The van der Waals surface area contributed by atoms with Gasteiger partial charge in [-0.3, -0.25) is 4.79 Å². The van der Waals surface area contributed by atoms with Crippen molar-refractivity contribution < 1.29 is 17.9 Å². The average Bonchev–Trinajstić information content (AvgIpc) is 2.73. The van der Waals surface area contributed by atoms with Gasteiger partial charge in [0.25, 0.3) is 0 Å². The van der Waals surface area contributed by atoms with Crippen LogP contribution in [0.25, 0.3) is 0 Å². The van der Waals surface area contributed by atoms with Crippen molar-refractivity contribution in [2.24, 2.45) is 0 Å². The molecular formula is C20H23N3O4S. The molecule has 2 aliphatic rings. The normalized spacial score (nSPS) is 17.8. The molecule has 0 unspecified atom stereocenters. The lowest BCUT2D eigenvalue weighted by atomic mass is 10.0. The van der Waals surface area contributed by atoms with Gasteiger partial charge in [-0.25, -0.2) is 8.42 Å². The monoisotopic (exact) mass is 401 g/mol. The average molecular weight is 401 g/mol. The summed E-state index contributed by atoms with van der Waals surface area (Å²) in [5.41, 5.74) is 2.61. The van der Waals surface area contributed by atoms with Crippen LogP contribution in [0.4, 0.5) is 11.4 Å². The minimum absolute atomic E-state index is 0.0308. The van der Waals surface area contributed by atoms with Gasteiger partial charge in [-0.05, 0) is 42.3 Å². The predicted molar refractivity (Wildman–Crippen MR) is 107 cm³/mol. The van der Waals surface area contributed by atoms with E-state index < -0.39 is 10.0 Å². The number of ether oxygens (including phenoxy) is 1. The van der Waals surface area contributed by atoms with E-state index in [9.17, 15) is 13.2 Å². The lowest BCUT2D eigenvalue weighted by molar-refractivity contribution is -0.116. The molecule has 2 aromatic carbocycles. The third kappa shape index (κ3) is 3.57. The number of nitrogens with one attached hydrogen (secondary N) is 1. The molecule has 1 saturated heterocycles. The summed E-state index contributed by atoms with van der Waals surface area (Å²) in [5, 5.41) is 2.79. The summed E-state index contributed by atoms with van der Waals surface area (Å²) < 4.78 is 33.0. The van der Waals surface area contributed by atoms with Crippen molar-refractivity contribution >= 4 is 27.3 Å². The van der Waals surface area contributed by atoms with Gasteiger partial charge in [-0.2, -0.15) is 4.31 Å². The Morgan fingerprint density at radius 1 is 1.00 bits per heavy atom. The van der Waals surface area contributed by atoms with Crippen molar-refractivity contribution in [3.05, 3.63) is 48.0 Å². The van der Waals surface area contributed by atoms with Gasteiger partial charge in [0.2, 0.25) is 15.9 Å². The summed E-state index contributed by atoms with van der Waals surface area (Å²) in [5.74, 6) is 0.755. The number of benzene rings is 2. The number of rotatable bonds is 4. The van der Waals surface area contributed by atoms with Crippen LogP contribution >= 0.6 is 0 Å². The number of nitrogens with zero attached hydrogens (tertiary/aromatic N) is 2. The van der Waals surface area contributed by atoms with Gasteiger partial charge in [0.1, 0.15) is 5.75 Å². The highest BCUT2D eigenvalue weighted by molar-refractivity contribution is 7.89. The fourth-order valence-corrected chi connectivity index (χ4v) is 5.14. The standard InChI is InChI=1S/C20H23N3O4S/c1-27-17-4-2-3-16(14-17)22-9-11-23(12-10-22)28(25,26)18-6-7-19-15(13-18)5-8-20(24)21-19/h2-4,6-7,13-14H,5,8-12H2,1H3,(H,21,24). The first-order chi connectivity index (χ1) is 13.5. The zero-order chi connectivity index (χ0) is 19.7. The SMILES string of the molecule is COc1cccc(N2CCN(S(=O)(=O)c3ccc4c(c3)CCC(=O)N4)CC2)c1. The Labute approximate surface area is 165 Å². The van der Waals surface area contributed by atoms with Crippen LogP contribution in [-0.2, 0) is 21.2 Å². The van der Waals surface area contributed by atoms with Crippen molar-refractivity contribution in [1.29, 1.82) is 0 Å². The predicted octanol–water partition coefficient (Wildman–Crippen LogP) is 2.09. The second kappa shape index (κ2) is 7.44. The summed E-state index contributed by atoms with van der Waals surface area (Å²) in [6, 6.07) is 12.7. The molecule has 0 aliphatic carbocycles. The van der Waals surface area contributed by atoms with E-state index in [1.54, 1.807) is 25.3 Å². The molecule has 28 heavy (non-hydrogen) atoms. The van der Waals surface area contributed by atoms with Gasteiger partial charge in [0.15, 0.2) is 0 Å². The fraction of sp³-hybridized carbons (Fsp3) is 0.350. The van der Waals surface area contributed by atoms with E-state index in [-0.39, 0.29) is 10.8 Å². The molecule has 2 heterocycles. The van der Waals surface area contributed by atoms with Crippen molar-refractivity contribution in [3.63, 3.8) is 0 Å². The molecule has 7 nitrogen and oxygen atoms in total. The first kappa shape index (κ1) is 18.8. The molecule has 1 amide bonds. The van der Waals surface area contributed by atoms with E-state index in [1.165, 1.54) is 4.31 Å². The fourth-order valence-electron chi connectivity index (χ4n) is 3.66. The molecule has 0 bridgehead atoms. The van der Waals surface area contributed by atoms with E-state index in [1.807, 2.05) is 24.3 Å². The number of piperazine rings is 1. The quantitative estimate of drug-likeness (QED) is 0.849. The summed E-state index contributed by atoms with van der Waals surface area (Å²) in [6.07, 6.45) is 0.948. The number of fused-ring (bicyclic) bond motifs is 1. The second-order valence-electron chi connectivity index (χ2n) is 6.96. The molecule has 1 N–H and O–H groups in total. The van der Waals surface area contributed by atoms with E-state index in [0.29, 0.717) is 44.7 Å². The maximum Gasteiger partial charge on any atom is 0.243 e. The molecule has 148 valence electrons. The smallest absolute Gasteiger partial charge is 0.243 e. The lowest BCUT2D eigenvalue weighted by Gasteiger charge is -2.35. The molecule has 8 heteroatoms. The number of carbonyl (C=O) groups excluding carboxylic acids is 1. The lowest BCUT2D eigenvalue weighted by Crippen LogP contribution is -2.48. The largest absolute Gasteiger partial charge is 0.497 e. The Balaban J connectivity index is 1.48. The number of aryl methyl sites for hydroxylation is 1. The molecule has 0 saturated carbocycles. The third-order valence-electron chi connectivity index (χ3n) is 5.27. The number of anilines is 2. The van der Waals surface area contributed by atoms with Crippen molar-refractivity contribution in [1.82, 2.24) is 4.31 Å². The van der Waals surface area contributed by atoms with Gasteiger partial charge >= 0.3 is 0 Å². The molecule has 0 aromatic heterocycles. The van der Waals surface area contributed by atoms with Crippen molar-refractivity contribution in [3.8, 4) is 5.75 Å². The van der Waals surface area contributed by atoms with Crippen LogP contribution in [-0.4, -0.2) is 51.9 Å². The van der Waals surface area contributed by atoms with Gasteiger partial charge in [-0.1, -0.05) is 6.07 Å². The van der Waals surface area contributed by atoms with E-state index in [0.717, 1.165) is 17.0 Å². The van der Waals surface area contributed by atoms with Crippen LogP contribution in [0.1, 0.15) is 12.0 Å². The number of carbonyl (C=O) groups is 1. The number of amides is 1. The molecule has 0 atom stereocenters. The molecule has 2 aliphatic heterocycles. The highest BCUT2D eigenvalue weighted by Gasteiger charge is 2.29. The molecular weight excluding hydrogens is 378 g/mol. The molecule has 4 rings (SSSR count). The molecule has 1 fully saturated rings. The number of methoxy groups -OCH3 is 1. The minimum Gasteiger partial charge on any atom is -0.497 e.